The molecule has 1 saturated carbocycles. The molecular weight excluding hydrogens is 228 g/mol. The van der Waals surface area contributed by atoms with E-state index in [-0.39, 0.29) is 0 Å². The molecular formula is C13H22N4O. The van der Waals surface area contributed by atoms with E-state index in [4.69, 9.17) is 4.74 Å². The molecule has 1 aliphatic rings. The second-order valence-electron chi connectivity index (χ2n) is 4.78. The summed E-state index contributed by atoms with van der Waals surface area (Å²) < 4.78 is 5.38. The number of methoxy groups -OCH3 is 1. The largest absolute Gasteiger partial charge is 0.490 e. The van der Waals surface area contributed by atoms with Crippen LogP contribution in [0.5, 0.6) is 5.75 Å². The molecule has 0 amide bonds. The predicted octanol–water partition coefficient (Wildman–Crippen LogP) is 2.52. The topological polar surface area (TPSA) is 59.1 Å². The molecule has 2 rings (SSSR count). The van der Waals surface area contributed by atoms with Crippen LogP contribution in [0.1, 0.15) is 32.6 Å². The van der Waals surface area contributed by atoms with Gasteiger partial charge < -0.3 is 15.4 Å². The van der Waals surface area contributed by atoms with Crippen LogP contribution in [-0.2, 0) is 0 Å². The maximum Gasteiger partial charge on any atom is 0.204 e. The van der Waals surface area contributed by atoms with E-state index in [0.717, 1.165) is 24.0 Å². The summed E-state index contributed by atoms with van der Waals surface area (Å²) in [7, 11) is 3.47. The summed E-state index contributed by atoms with van der Waals surface area (Å²) in [5.74, 6) is 3.09. The third kappa shape index (κ3) is 3.03. The molecule has 18 heavy (non-hydrogen) atoms. The second kappa shape index (κ2) is 5.89. The summed E-state index contributed by atoms with van der Waals surface area (Å²) in [5, 5.41) is 6.49. The highest BCUT2D eigenvalue weighted by atomic mass is 16.5. The zero-order chi connectivity index (χ0) is 13.0. The number of hydrogen-bond donors (Lipinski definition) is 2. The van der Waals surface area contributed by atoms with Crippen LogP contribution in [0, 0.1) is 5.92 Å². The fourth-order valence-corrected chi connectivity index (χ4v) is 2.12. The van der Waals surface area contributed by atoms with Gasteiger partial charge in [0.2, 0.25) is 5.75 Å². The first-order valence-corrected chi connectivity index (χ1v) is 6.61. The molecule has 1 fully saturated rings. The molecule has 1 aromatic rings. The van der Waals surface area contributed by atoms with Gasteiger partial charge in [0.15, 0.2) is 11.6 Å². The van der Waals surface area contributed by atoms with Crippen LogP contribution in [0.15, 0.2) is 6.33 Å². The Morgan fingerprint density at radius 1 is 1.39 bits per heavy atom. The SMILES string of the molecule is CCC(CC1CC1)Nc1ncnc(NC)c1OC. The lowest BCUT2D eigenvalue weighted by atomic mass is 10.1. The van der Waals surface area contributed by atoms with E-state index in [2.05, 4.69) is 27.5 Å². The molecule has 1 atom stereocenters. The molecule has 1 heterocycles. The first-order chi connectivity index (χ1) is 8.78. The van der Waals surface area contributed by atoms with E-state index in [0.29, 0.717) is 11.8 Å². The van der Waals surface area contributed by atoms with Gasteiger partial charge in [-0.15, -0.1) is 0 Å². The number of hydrogen-bond acceptors (Lipinski definition) is 5. The number of rotatable bonds is 7. The maximum absolute atomic E-state index is 5.38. The van der Waals surface area contributed by atoms with Crippen molar-refractivity contribution in [2.45, 2.75) is 38.6 Å². The third-order valence-corrected chi connectivity index (χ3v) is 3.39. The van der Waals surface area contributed by atoms with Gasteiger partial charge in [0.1, 0.15) is 6.33 Å². The Kier molecular flexibility index (Phi) is 4.23. The van der Waals surface area contributed by atoms with Gasteiger partial charge in [0.05, 0.1) is 7.11 Å². The maximum atomic E-state index is 5.38. The molecule has 5 nitrogen and oxygen atoms in total. The molecule has 1 unspecified atom stereocenters. The van der Waals surface area contributed by atoms with Crippen LogP contribution in [0.3, 0.4) is 0 Å². The van der Waals surface area contributed by atoms with Crippen molar-refractivity contribution in [1.82, 2.24) is 9.97 Å². The molecule has 0 radical (unpaired) electrons. The molecule has 0 saturated heterocycles. The summed E-state index contributed by atoms with van der Waals surface area (Å²) in [6, 6.07) is 0.464. The molecule has 0 spiro atoms. The molecule has 2 N–H and O–H groups in total. The van der Waals surface area contributed by atoms with Gasteiger partial charge in [0.25, 0.3) is 0 Å². The number of anilines is 2. The Bertz CT molecular complexity index is 393. The normalized spacial score (nSPS) is 16.2. The van der Waals surface area contributed by atoms with Gasteiger partial charge in [-0.05, 0) is 18.8 Å². The standard InChI is InChI=1S/C13H22N4O/c1-4-10(7-9-5-6-9)17-13-11(18-3)12(14-2)15-8-16-13/h8-10H,4-7H2,1-3H3,(H2,14,15,16,17). The second-order valence-corrected chi connectivity index (χ2v) is 4.78. The zero-order valence-corrected chi connectivity index (χ0v) is 11.4. The summed E-state index contributed by atoms with van der Waals surface area (Å²) >= 11 is 0. The average molecular weight is 250 g/mol. The minimum atomic E-state index is 0.464. The van der Waals surface area contributed by atoms with Crippen LogP contribution in [0.25, 0.3) is 0 Å². The van der Waals surface area contributed by atoms with E-state index in [1.54, 1.807) is 13.4 Å². The molecule has 0 bridgehead atoms. The highest BCUT2D eigenvalue weighted by Gasteiger charge is 2.25. The van der Waals surface area contributed by atoms with Gasteiger partial charge in [-0.3, -0.25) is 0 Å². The van der Waals surface area contributed by atoms with Gasteiger partial charge in [-0.25, -0.2) is 9.97 Å². The zero-order valence-electron chi connectivity index (χ0n) is 11.4. The number of nitrogens with zero attached hydrogens (tertiary/aromatic N) is 2. The van der Waals surface area contributed by atoms with Crippen molar-refractivity contribution in [3.05, 3.63) is 6.33 Å². The van der Waals surface area contributed by atoms with Crippen molar-refractivity contribution in [2.75, 3.05) is 24.8 Å². The smallest absolute Gasteiger partial charge is 0.204 e. The van der Waals surface area contributed by atoms with Gasteiger partial charge in [0, 0.05) is 13.1 Å². The summed E-state index contributed by atoms with van der Waals surface area (Å²) in [6.07, 6.45) is 6.62. The summed E-state index contributed by atoms with van der Waals surface area (Å²) in [4.78, 5) is 8.43. The lowest BCUT2D eigenvalue weighted by Crippen LogP contribution is -2.20. The van der Waals surface area contributed by atoms with Crippen molar-refractivity contribution in [1.29, 1.82) is 0 Å². The number of nitrogens with one attached hydrogen (secondary N) is 2. The summed E-state index contributed by atoms with van der Waals surface area (Å²) in [5.41, 5.74) is 0. The van der Waals surface area contributed by atoms with Crippen molar-refractivity contribution in [3.63, 3.8) is 0 Å². The fraction of sp³-hybridized carbons (Fsp3) is 0.692. The average Bonchev–Trinajstić information content (AvgIpc) is 3.21. The van der Waals surface area contributed by atoms with Crippen LogP contribution in [-0.4, -0.2) is 30.2 Å². The van der Waals surface area contributed by atoms with Crippen molar-refractivity contribution in [2.24, 2.45) is 5.92 Å². The molecule has 1 aromatic heterocycles. The Balaban J connectivity index is 2.10. The molecule has 0 aliphatic heterocycles. The Labute approximate surface area is 108 Å². The minimum absolute atomic E-state index is 0.464. The molecule has 5 heteroatoms. The molecule has 0 aromatic carbocycles. The molecule has 100 valence electrons. The van der Waals surface area contributed by atoms with Gasteiger partial charge >= 0.3 is 0 Å². The quantitative estimate of drug-likeness (QED) is 0.778. The monoisotopic (exact) mass is 250 g/mol. The van der Waals surface area contributed by atoms with Crippen LogP contribution in [0.2, 0.25) is 0 Å². The van der Waals surface area contributed by atoms with Gasteiger partial charge in [-0.2, -0.15) is 0 Å². The van der Waals surface area contributed by atoms with Crippen LogP contribution in [0.4, 0.5) is 11.6 Å². The van der Waals surface area contributed by atoms with E-state index in [1.165, 1.54) is 19.3 Å². The summed E-state index contributed by atoms with van der Waals surface area (Å²) in [6.45, 7) is 2.20. The lowest BCUT2D eigenvalue weighted by Gasteiger charge is -2.19. The van der Waals surface area contributed by atoms with E-state index < -0.39 is 0 Å². The molecule has 1 aliphatic carbocycles. The lowest BCUT2D eigenvalue weighted by molar-refractivity contribution is 0.413. The Morgan fingerprint density at radius 3 is 2.67 bits per heavy atom. The van der Waals surface area contributed by atoms with Crippen molar-refractivity contribution >= 4 is 11.6 Å². The number of aromatic nitrogens is 2. The van der Waals surface area contributed by atoms with E-state index >= 15 is 0 Å². The van der Waals surface area contributed by atoms with Crippen LogP contribution < -0.4 is 15.4 Å². The van der Waals surface area contributed by atoms with Crippen molar-refractivity contribution in [3.8, 4) is 5.75 Å². The van der Waals surface area contributed by atoms with E-state index in [1.807, 2.05) is 7.05 Å². The Hall–Kier alpha value is -1.52. The Morgan fingerprint density at radius 2 is 2.11 bits per heavy atom. The number of ether oxygens (including phenoxy) is 1. The first kappa shape index (κ1) is 12.9. The van der Waals surface area contributed by atoms with E-state index in [9.17, 15) is 0 Å². The predicted molar refractivity (Wildman–Crippen MR) is 73.2 cm³/mol. The van der Waals surface area contributed by atoms with Crippen molar-refractivity contribution < 1.29 is 4.74 Å². The van der Waals surface area contributed by atoms with Crippen LogP contribution >= 0.6 is 0 Å². The first-order valence-electron chi connectivity index (χ1n) is 6.61. The van der Waals surface area contributed by atoms with Gasteiger partial charge in [-0.1, -0.05) is 19.8 Å². The third-order valence-electron chi connectivity index (χ3n) is 3.39. The fourth-order valence-electron chi connectivity index (χ4n) is 2.12. The highest BCUT2D eigenvalue weighted by Crippen LogP contribution is 2.36. The minimum Gasteiger partial charge on any atom is -0.490 e. The highest BCUT2D eigenvalue weighted by molar-refractivity contribution is 5.63.